The van der Waals surface area contributed by atoms with Gasteiger partial charge in [0.25, 0.3) is 0 Å². The second-order valence-electron chi connectivity index (χ2n) is 10.7. The Morgan fingerprint density at radius 2 is 1.62 bits per heavy atom. The predicted octanol–water partition coefficient (Wildman–Crippen LogP) is 4.32. The molecule has 4 aliphatic rings. The van der Waals surface area contributed by atoms with E-state index in [1.165, 1.54) is 13.8 Å². The van der Waals surface area contributed by atoms with Crippen LogP contribution in [-0.2, 0) is 23.9 Å². The Balaban J connectivity index is 1.58. The first-order valence-electron chi connectivity index (χ1n) is 11.5. The van der Waals surface area contributed by atoms with E-state index >= 15 is 0 Å². The third kappa shape index (κ3) is 3.14. The summed E-state index contributed by atoms with van der Waals surface area (Å²) in [6.07, 6.45) is 6.60. The van der Waals surface area contributed by atoms with Gasteiger partial charge in [0.05, 0.1) is 0 Å². The number of ether oxygens (including phenoxy) is 2. The Kier molecular flexibility index (Phi) is 5.10. The van der Waals surface area contributed by atoms with Crippen LogP contribution in [-0.4, -0.2) is 29.9 Å². The molecule has 0 spiro atoms. The summed E-state index contributed by atoms with van der Waals surface area (Å²) in [6, 6.07) is 0. The number of carbonyl (C=O) groups excluding carboxylic acids is 3. The van der Waals surface area contributed by atoms with Crippen LogP contribution in [0.25, 0.3) is 0 Å². The maximum Gasteiger partial charge on any atom is 0.302 e. The second-order valence-corrected chi connectivity index (χ2v) is 10.7. The number of hydrogen-bond acceptors (Lipinski definition) is 5. The summed E-state index contributed by atoms with van der Waals surface area (Å²) < 4.78 is 11.1. The van der Waals surface area contributed by atoms with Crippen molar-refractivity contribution in [2.45, 2.75) is 91.8 Å². The van der Waals surface area contributed by atoms with Crippen molar-refractivity contribution in [3.05, 3.63) is 0 Å². The van der Waals surface area contributed by atoms with Gasteiger partial charge in [0.1, 0.15) is 18.0 Å². The SMILES string of the molecule is CC(=O)O[C@H]1CC[C@@]2(C)[C@H](C1)C(=O)[C@@H]1[C@@H]2CC[C@]2(C)[C@@H]([C@@H](C)OC(C)=O)CC[C@@H]12. The summed E-state index contributed by atoms with van der Waals surface area (Å²) in [7, 11) is 0. The smallest absolute Gasteiger partial charge is 0.302 e. The molecule has 4 aliphatic carbocycles. The minimum Gasteiger partial charge on any atom is -0.463 e. The summed E-state index contributed by atoms with van der Waals surface area (Å²) in [6.45, 7) is 9.62. The molecule has 5 nitrogen and oxygen atoms in total. The largest absolute Gasteiger partial charge is 0.463 e. The first-order valence-corrected chi connectivity index (χ1v) is 11.5. The van der Waals surface area contributed by atoms with E-state index in [4.69, 9.17) is 9.47 Å². The molecular weight excluding hydrogens is 368 g/mol. The van der Waals surface area contributed by atoms with Crippen LogP contribution in [0.5, 0.6) is 0 Å². The lowest BCUT2D eigenvalue weighted by atomic mass is 9.54. The Bertz CT molecular complexity index is 716. The molecule has 0 unspecified atom stereocenters. The van der Waals surface area contributed by atoms with E-state index in [1.54, 1.807) is 0 Å². The fourth-order valence-corrected chi connectivity index (χ4v) is 8.19. The van der Waals surface area contributed by atoms with Crippen LogP contribution in [0.15, 0.2) is 0 Å². The number of hydrogen-bond donors (Lipinski definition) is 0. The highest BCUT2D eigenvalue weighted by Gasteiger charge is 2.67. The van der Waals surface area contributed by atoms with Gasteiger partial charge in [0.2, 0.25) is 0 Å². The number of fused-ring (bicyclic) bond motifs is 5. The predicted molar refractivity (Wildman–Crippen MR) is 108 cm³/mol. The van der Waals surface area contributed by atoms with Gasteiger partial charge in [0, 0.05) is 31.6 Å². The molecule has 0 saturated heterocycles. The topological polar surface area (TPSA) is 69.7 Å². The second kappa shape index (κ2) is 7.09. The molecule has 0 aromatic heterocycles. The molecule has 4 saturated carbocycles. The van der Waals surface area contributed by atoms with Gasteiger partial charge >= 0.3 is 11.9 Å². The van der Waals surface area contributed by atoms with E-state index in [2.05, 4.69) is 13.8 Å². The number of ketones is 1. The first-order chi connectivity index (χ1) is 13.6. The molecule has 9 atom stereocenters. The van der Waals surface area contributed by atoms with E-state index < -0.39 is 0 Å². The van der Waals surface area contributed by atoms with Crippen molar-refractivity contribution in [1.82, 2.24) is 0 Å². The lowest BCUT2D eigenvalue weighted by molar-refractivity contribution is -0.153. The first kappa shape index (κ1) is 20.9. The third-order valence-corrected chi connectivity index (χ3v) is 9.41. The van der Waals surface area contributed by atoms with Gasteiger partial charge in [-0.05, 0) is 74.5 Å². The molecule has 0 bridgehead atoms. The molecular formula is C24H36O5. The summed E-state index contributed by atoms with van der Waals surface area (Å²) in [4.78, 5) is 36.7. The highest BCUT2D eigenvalue weighted by molar-refractivity contribution is 5.88. The van der Waals surface area contributed by atoms with E-state index in [0.29, 0.717) is 30.0 Å². The molecule has 0 aliphatic heterocycles. The molecule has 5 heteroatoms. The minimum atomic E-state index is -0.243. The highest BCUT2D eigenvalue weighted by atomic mass is 16.5. The van der Waals surface area contributed by atoms with E-state index in [1.807, 2.05) is 6.92 Å². The minimum absolute atomic E-state index is 0.0166. The van der Waals surface area contributed by atoms with Crippen molar-refractivity contribution in [3.63, 3.8) is 0 Å². The Morgan fingerprint density at radius 1 is 0.966 bits per heavy atom. The molecule has 0 heterocycles. The fourth-order valence-electron chi connectivity index (χ4n) is 8.19. The van der Waals surface area contributed by atoms with Crippen LogP contribution in [0.4, 0.5) is 0 Å². The van der Waals surface area contributed by atoms with Gasteiger partial charge < -0.3 is 9.47 Å². The number of rotatable bonds is 3. The molecule has 0 N–H and O–H groups in total. The summed E-state index contributed by atoms with van der Waals surface area (Å²) in [5.41, 5.74) is 0.101. The zero-order valence-electron chi connectivity index (χ0n) is 18.5. The molecule has 0 aromatic carbocycles. The van der Waals surface area contributed by atoms with Crippen molar-refractivity contribution >= 4 is 17.7 Å². The molecule has 0 amide bonds. The van der Waals surface area contributed by atoms with Crippen LogP contribution in [0.3, 0.4) is 0 Å². The van der Waals surface area contributed by atoms with Gasteiger partial charge in [-0.15, -0.1) is 0 Å². The zero-order chi connectivity index (χ0) is 21.1. The molecule has 162 valence electrons. The number of esters is 2. The Morgan fingerprint density at radius 3 is 2.28 bits per heavy atom. The highest BCUT2D eigenvalue weighted by Crippen LogP contribution is 2.68. The van der Waals surface area contributed by atoms with Crippen LogP contribution in [0, 0.1) is 40.4 Å². The summed E-state index contributed by atoms with van der Waals surface area (Å²) in [5.74, 6) is 1.25. The average Bonchev–Trinajstić information content (AvgIpc) is 3.07. The van der Waals surface area contributed by atoms with Crippen molar-refractivity contribution in [2.75, 3.05) is 0 Å². The molecule has 0 aromatic rings. The maximum absolute atomic E-state index is 13.7. The van der Waals surface area contributed by atoms with Gasteiger partial charge in [0.15, 0.2) is 0 Å². The van der Waals surface area contributed by atoms with Crippen LogP contribution < -0.4 is 0 Å². The van der Waals surface area contributed by atoms with Crippen molar-refractivity contribution in [3.8, 4) is 0 Å². The van der Waals surface area contributed by atoms with Gasteiger partial charge in [-0.3, -0.25) is 14.4 Å². The number of carbonyl (C=O) groups is 3. The average molecular weight is 405 g/mol. The lowest BCUT2D eigenvalue weighted by Gasteiger charge is -2.50. The standard InChI is InChI=1S/C24H36O5/c1-13(28-14(2)25)17-6-7-18-21-19(9-11-23(17,18)4)24(5)10-8-16(29-15(3)26)12-20(24)22(21)27/h13,16-21H,6-12H2,1-5H3/t13-,16+,17-,18+,19+,20-,21+,23-,24-/m1/s1. The van der Waals surface area contributed by atoms with E-state index in [9.17, 15) is 14.4 Å². The van der Waals surface area contributed by atoms with Gasteiger partial charge in [-0.2, -0.15) is 0 Å². The quantitative estimate of drug-likeness (QED) is 0.655. The summed E-state index contributed by atoms with van der Waals surface area (Å²) in [5, 5.41) is 0. The van der Waals surface area contributed by atoms with Crippen LogP contribution in [0.1, 0.15) is 79.6 Å². The molecule has 4 rings (SSSR count). The Hall–Kier alpha value is -1.39. The monoisotopic (exact) mass is 404 g/mol. The van der Waals surface area contributed by atoms with Crippen LogP contribution in [0.2, 0.25) is 0 Å². The van der Waals surface area contributed by atoms with Crippen molar-refractivity contribution in [1.29, 1.82) is 0 Å². The van der Waals surface area contributed by atoms with E-state index in [0.717, 1.165) is 38.5 Å². The van der Waals surface area contributed by atoms with Crippen LogP contribution >= 0.6 is 0 Å². The molecule has 29 heavy (non-hydrogen) atoms. The van der Waals surface area contributed by atoms with Crippen molar-refractivity contribution < 1.29 is 23.9 Å². The summed E-state index contributed by atoms with van der Waals surface area (Å²) >= 11 is 0. The lowest BCUT2D eigenvalue weighted by Crippen LogP contribution is -2.46. The van der Waals surface area contributed by atoms with Gasteiger partial charge in [-0.25, -0.2) is 0 Å². The van der Waals surface area contributed by atoms with E-state index in [-0.39, 0.29) is 46.8 Å². The normalized spacial score (nSPS) is 47.0. The Labute approximate surface area is 174 Å². The molecule has 0 radical (unpaired) electrons. The number of Topliss-reactive ketones (excluding diaryl/α,β-unsaturated/α-hetero) is 1. The zero-order valence-corrected chi connectivity index (χ0v) is 18.5. The van der Waals surface area contributed by atoms with Gasteiger partial charge in [-0.1, -0.05) is 13.8 Å². The fraction of sp³-hybridized carbons (Fsp3) is 0.875. The van der Waals surface area contributed by atoms with Crippen molar-refractivity contribution in [2.24, 2.45) is 40.4 Å². The molecule has 4 fully saturated rings. The maximum atomic E-state index is 13.7. The third-order valence-electron chi connectivity index (χ3n) is 9.41.